The Hall–Kier alpha value is -0.810. The van der Waals surface area contributed by atoms with Gasteiger partial charge in [0.05, 0.1) is 22.0 Å². The first kappa shape index (κ1) is 12.6. The molecule has 2 rings (SSSR count). The number of nitrogens with two attached hydrogens (primary N) is 1. The molecule has 17 heavy (non-hydrogen) atoms. The van der Waals surface area contributed by atoms with Crippen LogP contribution in [0.4, 0.5) is 15.8 Å². The number of hydrogen-bond donors (Lipinski definition) is 2. The van der Waals surface area contributed by atoms with Crippen molar-refractivity contribution in [3.63, 3.8) is 0 Å². The van der Waals surface area contributed by atoms with Crippen LogP contribution in [0.1, 0.15) is 12.8 Å². The molecule has 0 unspecified atom stereocenters. The third kappa shape index (κ3) is 2.72. The van der Waals surface area contributed by atoms with E-state index in [0.29, 0.717) is 21.8 Å². The molecule has 1 aromatic carbocycles. The molecule has 0 saturated heterocycles. The smallest absolute Gasteiger partial charge is 0.139 e. The van der Waals surface area contributed by atoms with Crippen molar-refractivity contribution in [3.8, 4) is 0 Å². The van der Waals surface area contributed by atoms with E-state index in [-0.39, 0.29) is 11.9 Å². The third-order valence-electron chi connectivity index (χ3n) is 3.22. The first-order valence-corrected chi connectivity index (χ1v) is 6.40. The normalized spacial score (nSPS) is 23.3. The lowest BCUT2D eigenvalue weighted by molar-refractivity contribution is 0.0465. The summed E-state index contributed by atoms with van der Waals surface area (Å²) in [5, 5.41) is 9.23. The zero-order valence-corrected chi connectivity index (χ0v) is 11.2. The van der Waals surface area contributed by atoms with E-state index in [4.69, 9.17) is 5.73 Å². The van der Waals surface area contributed by atoms with Gasteiger partial charge in [-0.25, -0.2) is 4.39 Å². The van der Waals surface area contributed by atoms with Crippen molar-refractivity contribution >= 4 is 27.3 Å². The van der Waals surface area contributed by atoms with E-state index in [0.717, 1.165) is 19.4 Å². The van der Waals surface area contributed by atoms with Gasteiger partial charge >= 0.3 is 0 Å². The Morgan fingerprint density at radius 1 is 1.53 bits per heavy atom. The second kappa shape index (κ2) is 4.82. The molecule has 1 aliphatic rings. The highest BCUT2D eigenvalue weighted by Crippen LogP contribution is 2.32. The molecule has 1 fully saturated rings. The summed E-state index contributed by atoms with van der Waals surface area (Å²) in [7, 11) is 1.89. The lowest BCUT2D eigenvalue weighted by atomic mass is 9.82. The van der Waals surface area contributed by atoms with Crippen molar-refractivity contribution in [3.05, 3.63) is 22.4 Å². The average Bonchev–Trinajstić information content (AvgIpc) is 2.21. The zero-order chi connectivity index (χ0) is 12.6. The lowest BCUT2D eigenvalue weighted by Crippen LogP contribution is -2.37. The van der Waals surface area contributed by atoms with Crippen LogP contribution in [0.2, 0.25) is 0 Å². The molecule has 0 radical (unpaired) electrons. The van der Waals surface area contributed by atoms with Crippen LogP contribution in [-0.4, -0.2) is 24.8 Å². The summed E-state index contributed by atoms with van der Waals surface area (Å²) in [6.07, 6.45) is 1.49. The maximum absolute atomic E-state index is 13.4. The number of aliphatic hydroxyl groups excluding tert-OH is 1. The Bertz CT molecular complexity index is 421. The molecule has 0 aromatic heterocycles. The van der Waals surface area contributed by atoms with Gasteiger partial charge in [0.2, 0.25) is 0 Å². The molecule has 0 aliphatic heterocycles. The van der Waals surface area contributed by atoms with Crippen LogP contribution in [0.15, 0.2) is 16.6 Å². The molecule has 94 valence electrons. The summed E-state index contributed by atoms with van der Waals surface area (Å²) in [6.45, 7) is 0.794. The fourth-order valence-electron chi connectivity index (χ4n) is 2.22. The van der Waals surface area contributed by atoms with Crippen molar-refractivity contribution in [2.75, 3.05) is 24.2 Å². The molecule has 0 spiro atoms. The maximum Gasteiger partial charge on any atom is 0.139 e. The van der Waals surface area contributed by atoms with Crippen LogP contribution in [0, 0.1) is 11.7 Å². The predicted octanol–water partition coefficient (Wildman–Crippen LogP) is 2.38. The molecule has 5 heteroatoms. The van der Waals surface area contributed by atoms with Crippen LogP contribution in [0.3, 0.4) is 0 Å². The van der Waals surface area contributed by atoms with Gasteiger partial charge in [-0.15, -0.1) is 0 Å². The van der Waals surface area contributed by atoms with Gasteiger partial charge in [0.1, 0.15) is 5.82 Å². The Balaban J connectivity index is 2.08. The number of nitrogens with zero attached hydrogens (tertiary/aromatic N) is 1. The predicted molar refractivity (Wildman–Crippen MR) is 70.5 cm³/mol. The fraction of sp³-hybridized carbons (Fsp3) is 0.500. The summed E-state index contributed by atoms with van der Waals surface area (Å²) < 4.78 is 13.8. The van der Waals surface area contributed by atoms with Crippen molar-refractivity contribution < 1.29 is 9.50 Å². The molecular formula is C12H16BrFN2O. The van der Waals surface area contributed by atoms with Crippen molar-refractivity contribution in [1.82, 2.24) is 0 Å². The van der Waals surface area contributed by atoms with Gasteiger partial charge in [-0.2, -0.15) is 0 Å². The number of benzene rings is 1. The van der Waals surface area contributed by atoms with Crippen LogP contribution in [0.5, 0.6) is 0 Å². The first-order chi connectivity index (χ1) is 7.97. The zero-order valence-electron chi connectivity index (χ0n) is 9.66. The van der Waals surface area contributed by atoms with Crippen molar-refractivity contribution in [2.24, 2.45) is 5.92 Å². The van der Waals surface area contributed by atoms with Crippen LogP contribution < -0.4 is 10.6 Å². The van der Waals surface area contributed by atoms with E-state index >= 15 is 0 Å². The van der Waals surface area contributed by atoms with Gasteiger partial charge in [0.15, 0.2) is 0 Å². The highest BCUT2D eigenvalue weighted by molar-refractivity contribution is 9.10. The standard InChI is InChI=1S/C12H16BrFN2O/c1-16(6-7-2-8(17)3-7)12-5-10(14)9(13)4-11(12)15/h4-5,7-8,17H,2-3,6,15H2,1H3. The molecule has 1 aromatic rings. The van der Waals surface area contributed by atoms with Crippen LogP contribution >= 0.6 is 15.9 Å². The quantitative estimate of drug-likeness (QED) is 0.843. The summed E-state index contributed by atoms with van der Waals surface area (Å²) in [6, 6.07) is 3.02. The molecule has 1 aliphatic carbocycles. The number of halogens is 2. The van der Waals surface area contributed by atoms with E-state index < -0.39 is 0 Å². The van der Waals surface area contributed by atoms with Gasteiger partial charge < -0.3 is 15.7 Å². The molecule has 3 nitrogen and oxygen atoms in total. The Morgan fingerprint density at radius 3 is 2.76 bits per heavy atom. The van der Waals surface area contributed by atoms with Gasteiger partial charge in [-0.05, 0) is 40.8 Å². The van der Waals surface area contributed by atoms with E-state index in [1.54, 1.807) is 6.07 Å². The molecule has 1 saturated carbocycles. The fourth-order valence-corrected chi connectivity index (χ4v) is 2.58. The average molecular weight is 303 g/mol. The minimum Gasteiger partial charge on any atom is -0.397 e. The molecule has 0 atom stereocenters. The van der Waals surface area contributed by atoms with Gasteiger partial charge in [-0.3, -0.25) is 0 Å². The topological polar surface area (TPSA) is 49.5 Å². The Labute approximate surface area is 109 Å². The molecule has 3 N–H and O–H groups in total. The van der Waals surface area contributed by atoms with Crippen LogP contribution in [-0.2, 0) is 0 Å². The summed E-state index contributed by atoms with van der Waals surface area (Å²) >= 11 is 3.11. The Kier molecular flexibility index (Phi) is 3.58. The second-order valence-electron chi connectivity index (χ2n) is 4.70. The second-order valence-corrected chi connectivity index (χ2v) is 5.55. The number of nitrogen functional groups attached to an aromatic ring is 1. The van der Waals surface area contributed by atoms with Crippen molar-refractivity contribution in [1.29, 1.82) is 0 Å². The molecule has 0 heterocycles. The SMILES string of the molecule is CN(CC1CC(O)C1)c1cc(F)c(Br)cc1N. The summed E-state index contributed by atoms with van der Waals surface area (Å²) in [5.41, 5.74) is 7.12. The van der Waals surface area contributed by atoms with E-state index in [1.807, 2.05) is 11.9 Å². The van der Waals surface area contributed by atoms with Crippen LogP contribution in [0.25, 0.3) is 0 Å². The number of anilines is 2. The van der Waals surface area contributed by atoms with Gasteiger partial charge in [-0.1, -0.05) is 0 Å². The first-order valence-electron chi connectivity index (χ1n) is 5.61. The molecule has 0 amide bonds. The minimum absolute atomic E-state index is 0.160. The van der Waals surface area contributed by atoms with E-state index in [9.17, 15) is 9.50 Å². The summed E-state index contributed by atoms with van der Waals surface area (Å²) in [5.74, 6) is 0.163. The highest BCUT2D eigenvalue weighted by atomic mass is 79.9. The number of rotatable bonds is 3. The number of hydrogen-bond acceptors (Lipinski definition) is 3. The monoisotopic (exact) mass is 302 g/mol. The van der Waals surface area contributed by atoms with Crippen molar-refractivity contribution in [2.45, 2.75) is 18.9 Å². The Morgan fingerprint density at radius 2 is 2.18 bits per heavy atom. The lowest BCUT2D eigenvalue weighted by Gasteiger charge is -2.35. The third-order valence-corrected chi connectivity index (χ3v) is 3.83. The maximum atomic E-state index is 13.4. The van der Waals surface area contributed by atoms with Gasteiger partial charge in [0.25, 0.3) is 0 Å². The van der Waals surface area contributed by atoms with E-state index in [2.05, 4.69) is 15.9 Å². The largest absolute Gasteiger partial charge is 0.397 e. The number of aliphatic hydroxyl groups is 1. The minimum atomic E-state index is -0.310. The molecular weight excluding hydrogens is 287 g/mol. The highest BCUT2D eigenvalue weighted by Gasteiger charge is 2.28. The van der Waals surface area contributed by atoms with E-state index in [1.165, 1.54) is 6.07 Å². The summed E-state index contributed by atoms with van der Waals surface area (Å²) in [4.78, 5) is 1.95. The molecule has 0 bridgehead atoms. The van der Waals surface area contributed by atoms with Gasteiger partial charge in [0, 0.05) is 19.7 Å².